The van der Waals surface area contributed by atoms with Crippen LogP contribution in [0.1, 0.15) is 36.5 Å². The van der Waals surface area contributed by atoms with E-state index in [4.69, 9.17) is 4.74 Å². The van der Waals surface area contributed by atoms with E-state index in [2.05, 4.69) is 43.3 Å². The van der Waals surface area contributed by atoms with E-state index in [0.717, 1.165) is 9.99 Å². The van der Waals surface area contributed by atoms with Crippen molar-refractivity contribution >= 4 is 20.2 Å². The molecule has 0 aliphatic heterocycles. The van der Waals surface area contributed by atoms with E-state index in [1.807, 2.05) is 18.2 Å². The normalized spacial score (nSPS) is 25.3. The Balaban J connectivity index is 1.97. The van der Waals surface area contributed by atoms with Crippen LogP contribution in [-0.4, -0.2) is 14.5 Å². The van der Waals surface area contributed by atoms with E-state index < -0.39 is 20.2 Å². The Morgan fingerprint density at radius 1 is 1.00 bits per heavy atom. The number of methoxy groups -OCH3 is 1. The quantitative estimate of drug-likeness (QED) is 0.610. The van der Waals surface area contributed by atoms with Gasteiger partial charge in [0.15, 0.2) is 0 Å². The predicted octanol–water partition coefficient (Wildman–Crippen LogP) is 4.53. The van der Waals surface area contributed by atoms with Gasteiger partial charge in [0.25, 0.3) is 0 Å². The molecule has 0 fully saturated rings. The molecule has 0 amide bonds. The van der Waals surface area contributed by atoms with Crippen LogP contribution < -0.4 is 0 Å². The van der Waals surface area contributed by atoms with Crippen LogP contribution >= 0.6 is 20.2 Å². The van der Waals surface area contributed by atoms with Crippen LogP contribution in [0.4, 0.5) is 0 Å². The van der Waals surface area contributed by atoms with Crippen molar-refractivity contribution in [2.45, 2.75) is 29.3 Å². The van der Waals surface area contributed by atoms with Gasteiger partial charge < -0.3 is 0 Å². The Morgan fingerprint density at radius 3 is 2.29 bits per heavy atom. The molecule has 2 nitrogen and oxygen atoms in total. The monoisotopic (exact) mass is 396 g/mol. The fourth-order valence-electron chi connectivity index (χ4n) is 3.17. The minimum atomic E-state index is -2.24. The van der Waals surface area contributed by atoms with Crippen molar-refractivity contribution in [2.24, 2.45) is 0 Å². The molecule has 2 aromatic rings. The molecule has 21 heavy (non-hydrogen) atoms. The molecule has 0 spiro atoms. The fraction of sp³-hybridized carbons (Fsp3) is 0.333. The Morgan fingerprint density at radius 2 is 1.62 bits per heavy atom. The zero-order valence-electron chi connectivity index (χ0n) is 12.4. The van der Waals surface area contributed by atoms with Crippen molar-refractivity contribution in [1.29, 1.82) is 0 Å². The Labute approximate surface area is 134 Å². The van der Waals surface area contributed by atoms with E-state index >= 15 is 0 Å². The van der Waals surface area contributed by atoms with Gasteiger partial charge in [-0.3, -0.25) is 0 Å². The van der Waals surface area contributed by atoms with Crippen molar-refractivity contribution in [2.75, 3.05) is 7.11 Å². The fourth-order valence-corrected chi connectivity index (χ4v) is 7.79. The first kappa shape index (κ1) is 15.0. The number of fused-ring (bicyclic) bond motifs is 1. The standard InChI is InChI=1S/C18H21IO2/c1-13-12-17(19(20)14-8-4-3-5-9-14)18(21-2)16-11-7-6-10-15(13)16/h3-11,13,17-18,20H,12H2,1-2H3. The van der Waals surface area contributed by atoms with E-state index in [0.29, 0.717) is 5.92 Å². The van der Waals surface area contributed by atoms with Crippen LogP contribution in [0.5, 0.6) is 0 Å². The molecule has 1 N–H and O–H groups in total. The molecule has 112 valence electrons. The summed E-state index contributed by atoms with van der Waals surface area (Å²) in [6.45, 7) is 2.26. The summed E-state index contributed by atoms with van der Waals surface area (Å²) in [5.74, 6) is 0.480. The second kappa shape index (κ2) is 6.46. The summed E-state index contributed by atoms with van der Waals surface area (Å²) >= 11 is -2.24. The average Bonchev–Trinajstić information content (AvgIpc) is 2.55. The second-order valence-corrected chi connectivity index (χ2v) is 10.0. The van der Waals surface area contributed by atoms with Crippen LogP contribution in [0.15, 0.2) is 54.6 Å². The predicted molar refractivity (Wildman–Crippen MR) is 94.4 cm³/mol. The Kier molecular flexibility index (Phi) is 4.62. The van der Waals surface area contributed by atoms with Gasteiger partial charge in [0.2, 0.25) is 0 Å². The summed E-state index contributed by atoms with van der Waals surface area (Å²) < 4.78 is 18.1. The molecule has 3 unspecified atom stereocenters. The molecule has 2 aromatic carbocycles. The van der Waals surface area contributed by atoms with Gasteiger partial charge in [-0.1, -0.05) is 0 Å². The maximum atomic E-state index is 11.0. The Hall–Kier alpha value is -0.910. The maximum absolute atomic E-state index is 11.0. The number of hydrogen-bond donors (Lipinski definition) is 1. The van der Waals surface area contributed by atoms with Crippen LogP contribution in [0, 0.1) is 3.57 Å². The second-order valence-electron chi connectivity index (χ2n) is 5.52. The third-order valence-corrected chi connectivity index (χ3v) is 8.89. The van der Waals surface area contributed by atoms with Crippen molar-refractivity contribution in [3.8, 4) is 0 Å². The molecule has 0 bridgehead atoms. The van der Waals surface area contributed by atoms with E-state index in [1.165, 1.54) is 11.1 Å². The van der Waals surface area contributed by atoms with E-state index in [-0.39, 0.29) is 10.0 Å². The zero-order chi connectivity index (χ0) is 14.8. The van der Waals surface area contributed by atoms with Crippen LogP contribution in [0.25, 0.3) is 0 Å². The summed E-state index contributed by atoms with van der Waals surface area (Å²) in [4.78, 5) is 0. The topological polar surface area (TPSA) is 29.5 Å². The van der Waals surface area contributed by atoms with Gasteiger partial charge in [0.1, 0.15) is 0 Å². The minimum absolute atomic E-state index is 0.0211. The van der Waals surface area contributed by atoms with Gasteiger partial charge in [-0.2, -0.15) is 0 Å². The summed E-state index contributed by atoms with van der Waals surface area (Å²) in [6.07, 6.45) is 1.03. The van der Waals surface area contributed by atoms with Crippen molar-refractivity contribution < 1.29 is 8.17 Å². The summed E-state index contributed by atoms with van der Waals surface area (Å²) in [6, 6.07) is 18.6. The molecule has 0 saturated heterocycles. The first-order valence-electron chi connectivity index (χ1n) is 7.26. The number of hydrogen-bond acceptors (Lipinski definition) is 2. The molecule has 3 rings (SSSR count). The van der Waals surface area contributed by atoms with Crippen molar-refractivity contribution in [3.05, 3.63) is 69.3 Å². The SMILES string of the molecule is COC1c2ccccc2C(C)CC1I(O)c1ccccc1. The molecule has 1 aliphatic carbocycles. The number of ether oxygens (including phenoxy) is 1. The van der Waals surface area contributed by atoms with Gasteiger partial charge in [0, 0.05) is 0 Å². The molecular weight excluding hydrogens is 375 g/mol. The molecule has 0 heterocycles. The van der Waals surface area contributed by atoms with Gasteiger partial charge in [-0.05, 0) is 0 Å². The summed E-state index contributed by atoms with van der Waals surface area (Å²) in [5.41, 5.74) is 2.63. The first-order valence-corrected chi connectivity index (χ1v) is 10.6. The molecular formula is C18H21IO2. The van der Waals surface area contributed by atoms with Gasteiger partial charge in [-0.15, -0.1) is 0 Å². The van der Waals surface area contributed by atoms with Crippen molar-refractivity contribution in [1.82, 2.24) is 0 Å². The van der Waals surface area contributed by atoms with Gasteiger partial charge >= 0.3 is 134 Å². The van der Waals surface area contributed by atoms with Crippen molar-refractivity contribution in [3.63, 3.8) is 0 Å². The zero-order valence-corrected chi connectivity index (χ0v) is 14.5. The van der Waals surface area contributed by atoms with Crippen LogP contribution in [0.2, 0.25) is 0 Å². The van der Waals surface area contributed by atoms with Gasteiger partial charge in [-0.25, -0.2) is 0 Å². The molecule has 1 aliphatic rings. The number of alkyl halides is 1. The average molecular weight is 396 g/mol. The number of benzene rings is 2. The van der Waals surface area contributed by atoms with E-state index in [9.17, 15) is 3.44 Å². The molecule has 0 aromatic heterocycles. The number of halogens is 1. The van der Waals surface area contributed by atoms with Crippen LogP contribution in [-0.2, 0) is 4.74 Å². The van der Waals surface area contributed by atoms with Crippen LogP contribution in [0.3, 0.4) is 0 Å². The number of rotatable bonds is 3. The molecule has 0 saturated carbocycles. The summed E-state index contributed by atoms with van der Waals surface area (Å²) in [5, 5.41) is 0. The van der Waals surface area contributed by atoms with E-state index in [1.54, 1.807) is 7.11 Å². The Bertz CT molecular complexity index is 599. The third-order valence-electron chi connectivity index (χ3n) is 4.22. The molecule has 0 radical (unpaired) electrons. The third kappa shape index (κ3) is 2.87. The first-order chi connectivity index (χ1) is 10.2. The van der Waals surface area contributed by atoms with Gasteiger partial charge in [0.05, 0.1) is 0 Å². The molecule has 3 heteroatoms. The molecule has 3 atom stereocenters. The summed E-state index contributed by atoms with van der Waals surface area (Å²) in [7, 11) is 1.76.